The Balaban J connectivity index is 2.03. The summed E-state index contributed by atoms with van der Waals surface area (Å²) in [4.78, 5) is 0. The van der Waals surface area contributed by atoms with Crippen LogP contribution in [0.15, 0.2) is 42.5 Å². The zero-order chi connectivity index (χ0) is 14.5. The van der Waals surface area contributed by atoms with Gasteiger partial charge < -0.3 is 10.6 Å². The van der Waals surface area contributed by atoms with Gasteiger partial charge in [-0.3, -0.25) is 0 Å². The van der Waals surface area contributed by atoms with Gasteiger partial charge in [0.1, 0.15) is 11.6 Å². The fraction of sp³-hybridized carbons (Fsp3) is 0. The summed E-state index contributed by atoms with van der Waals surface area (Å²) in [6.07, 6.45) is 0. The van der Waals surface area contributed by atoms with Gasteiger partial charge in [0.15, 0.2) is 5.11 Å². The minimum atomic E-state index is -0.686. The average Bonchev–Trinajstić information content (AvgIpc) is 2.38. The highest BCUT2D eigenvalue weighted by atomic mass is 32.1. The lowest BCUT2D eigenvalue weighted by molar-refractivity contribution is 0.584. The van der Waals surface area contributed by atoms with Crippen molar-refractivity contribution >= 4 is 28.7 Å². The molecule has 0 atom stereocenters. The smallest absolute Gasteiger partial charge is 0.175 e. The minimum Gasteiger partial charge on any atom is -0.332 e. The van der Waals surface area contributed by atoms with Crippen LogP contribution in [0.3, 0.4) is 0 Å². The van der Waals surface area contributed by atoms with Crippen molar-refractivity contribution in [3.8, 4) is 6.07 Å². The number of rotatable bonds is 2. The summed E-state index contributed by atoms with van der Waals surface area (Å²) in [5.74, 6) is -1.37. The number of nitrogens with zero attached hydrogens (tertiary/aromatic N) is 1. The normalized spacial score (nSPS) is 9.65. The molecule has 0 amide bonds. The molecule has 20 heavy (non-hydrogen) atoms. The molecule has 0 spiro atoms. The molecule has 0 saturated carbocycles. The molecular formula is C14H9F2N3S. The van der Waals surface area contributed by atoms with Gasteiger partial charge in [-0.15, -0.1) is 0 Å². The van der Waals surface area contributed by atoms with Crippen LogP contribution in [-0.4, -0.2) is 5.11 Å². The molecule has 0 saturated heterocycles. The maximum Gasteiger partial charge on any atom is 0.175 e. The quantitative estimate of drug-likeness (QED) is 0.829. The largest absolute Gasteiger partial charge is 0.332 e. The zero-order valence-electron chi connectivity index (χ0n) is 10.2. The van der Waals surface area contributed by atoms with E-state index in [1.165, 1.54) is 0 Å². The maximum absolute atomic E-state index is 13.0. The molecule has 0 heterocycles. The number of thiocarbonyl (C=S) groups is 1. The summed E-state index contributed by atoms with van der Waals surface area (Å²) in [6, 6.07) is 11.7. The topological polar surface area (TPSA) is 47.9 Å². The molecule has 2 aromatic rings. The fourth-order valence-electron chi connectivity index (χ4n) is 1.55. The van der Waals surface area contributed by atoms with Crippen LogP contribution in [0.4, 0.5) is 20.2 Å². The van der Waals surface area contributed by atoms with Gasteiger partial charge in [-0.2, -0.15) is 5.26 Å². The lowest BCUT2D eigenvalue weighted by Crippen LogP contribution is -2.19. The number of hydrogen-bond acceptors (Lipinski definition) is 2. The molecule has 3 nitrogen and oxygen atoms in total. The van der Waals surface area contributed by atoms with E-state index >= 15 is 0 Å². The molecule has 0 fully saturated rings. The van der Waals surface area contributed by atoms with Crippen LogP contribution in [-0.2, 0) is 0 Å². The lowest BCUT2D eigenvalue weighted by atomic mass is 10.2. The zero-order valence-corrected chi connectivity index (χ0v) is 11.0. The highest BCUT2D eigenvalue weighted by Crippen LogP contribution is 2.14. The fourth-order valence-corrected chi connectivity index (χ4v) is 1.78. The maximum atomic E-state index is 13.0. The number of nitrogens with one attached hydrogen (secondary N) is 2. The molecule has 0 unspecified atom stereocenters. The van der Waals surface area contributed by atoms with E-state index in [-0.39, 0.29) is 10.8 Å². The molecule has 0 bridgehead atoms. The third-order valence-electron chi connectivity index (χ3n) is 2.39. The van der Waals surface area contributed by atoms with E-state index in [0.717, 1.165) is 18.2 Å². The van der Waals surface area contributed by atoms with E-state index in [0.29, 0.717) is 11.3 Å². The van der Waals surface area contributed by atoms with Crippen molar-refractivity contribution < 1.29 is 8.78 Å². The molecule has 0 radical (unpaired) electrons. The van der Waals surface area contributed by atoms with Gasteiger partial charge in [0, 0.05) is 17.4 Å². The standard InChI is InChI=1S/C14H9F2N3S/c15-10-5-11(16)7-13(6-10)19-14(20)18-12-3-1-9(8-17)2-4-12/h1-7H,(H2,18,19,20). The van der Waals surface area contributed by atoms with Crippen LogP contribution in [0.1, 0.15) is 5.56 Å². The monoisotopic (exact) mass is 289 g/mol. The lowest BCUT2D eigenvalue weighted by Gasteiger charge is -2.10. The molecule has 0 aliphatic rings. The van der Waals surface area contributed by atoms with Crippen molar-refractivity contribution in [1.29, 1.82) is 5.26 Å². The van der Waals surface area contributed by atoms with E-state index in [9.17, 15) is 8.78 Å². The van der Waals surface area contributed by atoms with Crippen LogP contribution < -0.4 is 10.6 Å². The van der Waals surface area contributed by atoms with Crippen molar-refractivity contribution in [1.82, 2.24) is 0 Å². The summed E-state index contributed by atoms with van der Waals surface area (Å²) < 4.78 is 26.0. The molecule has 100 valence electrons. The summed E-state index contributed by atoms with van der Waals surface area (Å²) in [6.45, 7) is 0. The Labute approximate surface area is 119 Å². The van der Waals surface area contributed by atoms with E-state index in [4.69, 9.17) is 17.5 Å². The number of halogens is 2. The van der Waals surface area contributed by atoms with Crippen molar-refractivity contribution in [3.05, 3.63) is 59.7 Å². The van der Waals surface area contributed by atoms with Crippen molar-refractivity contribution in [3.63, 3.8) is 0 Å². The van der Waals surface area contributed by atoms with Crippen LogP contribution in [0.2, 0.25) is 0 Å². The Morgan fingerprint density at radius 3 is 2.05 bits per heavy atom. The third kappa shape index (κ3) is 3.73. The molecule has 0 aliphatic heterocycles. The van der Waals surface area contributed by atoms with Crippen LogP contribution >= 0.6 is 12.2 Å². The van der Waals surface area contributed by atoms with Crippen molar-refractivity contribution in [2.75, 3.05) is 10.6 Å². The number of nitriles is 1. The summed E-state index contributed by atoms with van der Waals surface area (Å²) >= 11 is 5.03. The molecule has 2 aromatic carbocycles. The Bertz CT molecular complexity index is 658. The molecule has 0 aliphatic carbocycles. The second kappa shape index (κ2) is 6.08. The predicted octanol–water partition coefficient (Wildman–Crippen LogP) is 3.65. The molecular weight excluding hydrogens is 280 g/mol. The van der Waals surface area contributed by atoms with Crippen LogP contribution in [0, 0.1) is 23.0 Å². The first-order valence-corrected chi connectivity index (χ1v) is 6.02. The Kier molecular flexibility index (Phi) is 4.23. The Morgan fingerprint density at radius 1 is 0.950 bits per heavy atom. The second-order valence-corrected chi connectivity index (χ2v) is 4.33. The number of anilines is 2. The molecule has 2 rings (SSSR count). The molecule has 0 aromatic heterocycles. The summed E-state index contributed by atoms with van der Waals surface area (Å²) in [7, 11) is 0. The third-order valence-corrected chi connectivity index (χ3v) is 2.60. The van der Waals surface area contributed by atoms with Crippen LogP contribution in [0.5, 0.6) is 0 Å². The number of hydrogen-bond donors (Lipinski definition) is 2. The average molecular weight is 289 g/mol. The highest BCUT2D eigenvalue weighted by molar-refractivity contribution is 7.80. The van der Waals surface area contributed by atoms with Gasteiger partial charge in [0.05, 0.1) is 11.6 Å². The number of benzene rings is 2. The summed E-state index contributed by atoms with van der Waals surface area (Å²) in [5.41, 5.74) is 1.41. The first-order chi connectivity index (χ1) is 9.56. The molecule has 6 heteroatoms. The van der Waals surface area contributed by atoms with Crippen molar-refractivity contribution in [2.24, 2.45) is 0 Å². The van der Waals surface area contributed by atoms with Gasteiger partial charge in [-0.25, -0.2) is 8.78 Å². The first-order valence-electron chi connectivity index (χ1n) is 5.61. The second-order valence-electron chi connectivity index (χ2n) is 3.93. The van der Waals surface area contributed by atoms with Gasteiger partial charge >= 0.3 is 0 Å². The van der Waals surface area contributed by atoms with E-state index in [2.05, 4.69) is 10.6 Å². The van der Waals surface area contributed by atoms with Crippen LogP contribution in [0.25, 0.3) is 0 Å². The minimum absolute atomic E-state index is 0.194. The highest BCUT2D eigenvalue weighted by Gasteiger charge is 2.03. The van der Waals surface area contributed by atoms with Crippen molar-refractivity contribution in [2.45, 2.75) is 0 Å². The SMILES string of the molecule is N#Cc1ccc(NC(=S)Nc2cc(F)cc(F)c2)cc1. The van der Waals surface area contributed by atoms with Gasteiger partial charge in [-0.1, -0.05) is 0 Å². The summed E-state index contributed by atoms with van der Waals surface area (Å²) in [5, 5.41) is 14.4. The molecule has 2 N–H and O–H groups in total. The van der Waals surface area contributed by atoms with E-state index in [1.54, 1.807) is 24.3 Å². The Hall–Kier alpha value is -2.52. The first kappa shape index (κ1) is 13.9. The van der Waals surface area contributed by atoms with Gasteiger partial charge in [0.25, 0.3) is 0 Å². The van der Waals surface area contributed by atoms with E-state index < -0.39 is 11.6 Å². The van der Waals surface area contributed by atoms with Gasteiger partial charge in [0.2, 0.25) is 0 Å². The Morgan fingerprint density at radius 2 is 1.50 bits per heavy atom. The van der Waals surface area contributed by atoms with Gasteiger partial charge in [-0.05, 0) is 48.6 Å². The van der Waals surface area contributed by atoms with E-state index in [1.807, 2.05) is 6.07 Å². The predicted molar refractivity (Wildman–Crippen MR) is 77.4 cm³/mol.